The Balaban J connectivity index is 1.19. The van der Waals surface area contributed by atoms with E-state index in [0.717, 1.165) is 50.0 Å². The maximum absolute atomic E-state index is 12.5. The van der Waals surface area contributed by atoms with E-state index in [1.807, 2.05) is 42.5 Å². The van der Waals surface area contributed by atoms with E-state index in [9.17, 15) is 4.79 Å². The van der Waals surface area contributed by atoms with E-state index in [-0.39, 0.29) is 11.8 Å². The molecule has 0 aliphatic carbocycles. The van der Waals surface area contributed by atoms with E-state index in [1.165, 1.54) is 5.69 Å². The summed E-state index contributed by atoms with van der Waals surface area (Å²) in [6.45, 7) is 3.21. The van der Waals surface area contributed by atoms with Crippen LogP contribution in [-0.4, -0.2) is 44.1 Å². The molecule has 1 amide bonds. The summed E-state index contributed by atoms with van der Waals surface area (Å²) < 4.78 is 5.85. The SMILES string of the molecule is CN(CCCNC(=O)C1CCN(c2nc3ccccc3o2)CC1)c1ccccc1. The molecule has 1 aliphatic heterocycles. The highest BCUT2D eigenvalue weighted by molar-refractivity contribution is 5.79. The minimum Gasteiger partial charge on any atom is -0.423 e. The summed E-state index contributed by atoms with van der Waals surface area (Å²) in [7, 11) is 2.08. The quantitative estimate of drug-likeness (QED) is 0.622. The largest absolute Gasteiger partial charge is 0.423 e. The molecule has 1 aliphatic rings. The first kappa shape index (κ1) is 19.3. The van der Waals surface area contributed by atoms with Crippen LogP contribution >= 0.6 is 0 Å². The van der Waals surface area contributed by atoms with Gasteiger partial charge in [-0.05, 0) is 43.5 Å². The molecular weight excluding hydrogens is 364 g/mol. The molecule has 0 unspecified atom stereocenters. The minimum absolute atomic E-state index is 0.0717. The number of hydrogen-bond donors (Lipinski definition) is 1. The van der Waals surface area contributed by atoms with Gasteiger partial charge in [0.2, 0.25) is 5.91 Å². The van der Waals surface area contributed by atoms with Gasteiger partial charge in [0.25, 0.3) is 6.01 Å². The lowest BCUT2D eigenvalue weighted by atomic mass is 9.96. The van der Waals surface area contributed by atoms with Crippen molar-refractivity contribution in [3.8, 4) is 0 Å². The van der Waals surface area contributed by atoms with E-state index in [2.05, 4.69) is 39.3 Å². The van der Waals surface area contributed by atoms with Crippen LogP contribution in [0.15, 0.2) is 59.0 Å². The number of aromatic nitrogens is 1. The Labute approximate surface area is 171 Å². The number of carbonyl (C=O) groups is 1. The van der Waals surface area contributed by atoms with Crippen molar-refractivity contribution in [3.63, 3.8) is 0 Å². The van der Waals surface area contributed by atoms with Gasteiger partial charge >= 0.3 is 0 Å². The average molecular weight is 393 g/mol. The first-order valence-electron chi connectivity index (χ1n) is 10.3. The highest BCUT2D eigenvalue weighted by Crippen LogP contribution is 2.26. The van der Waals surface area contributed by atoms with Gasteiger partial charge in [-0.25, -0.2) is 0 Å². The summed E-state index contributed by atoms with van der Waals surface area (Å²) >= 11 is 0. The molecule has 0 spiro atoms. The standard InChI is InChI=1S/C23H28N4O2/c1-26(19-8-3-2-4-9-19)15-7-14-24-22(28)18-12-16-27(17-13-18)23-25-20-10-5-6-11-21(20)29-23/h2-6,8-11,18H,7,12-17H2,1H3,(H,24,28). The van der Waals surface area contributed by atoms with E-state index in [1.54, 1.807) is 0 Å². The predicted molar refractivity (Wildman–Crippen MR) is 116 cm³/mol. The zero-order valence-corrected chi connectivity index (χ0v) is 16.9. The number of fused-ring (bicyclic) bond motifs is 1. The van der Waals surface area contributed by atoms with Crippen LogP contribution in [0, 0.1) is 5.92 Å². The molecule has 152 valence electrons. The third-order valence-corrected chi connectivity index (χ3v) is 5.59. The zero-order valence-electron chi connectivity index (χ0n) is 16.9. The predicted octanol–water partition coefficient (Wildman–Crippen LogP) is 3.69. The molecular formula is C23H28N4O2. The summed E-state index contributed by atoms with van der Waals surface area (Å²) in [5, 5.41) is 3.11. The summed E-state index contributed by atoms with van der Waals surface area (Å²) in [6, 6.07) is 18.8. The molecule has 4 rings (SSSR count). The number of hydrogen-bond acceptors (Lipinski definition) is 5. The van der Waals surface area contributed by atoms with E-state index in [4.69, 9.17) is 4.42 Å². The fraction of sp³-hybridized carbons (Fsp3) is 0.391. The second-order valence-corrected chi connectivity index (χ2v) is 7.63. The molecule has 3 aromatic rings. The number of rotatable bonds is 7. The number of anilines is 2. The van der Waals surface area contributed by atoms with Gasteiger partial charge < -0.3 is 19.5 Å². The fourth-order valence-corrected chi connectivity index (χ4v) is 3.81. The van der Waals surface area contributed by atoms with Crippen molar-refractivity contribution in [2.24, 2.45) is 5.92 Å². The van der Waals surface area contributed by atoms with Crippen molar-refractivity contribution < 1.29 is 9.21 Å². The molecule has 1 fully saturated rings. The second kappa shape index (κ2) is 8.99. The van der Waals surface area contributed by atoms with Crippen molar-refractivity contribution in [3.05, 3.63) is 54.6 Å². The Morgan fingerprint density at radius 3 is 2.62 bits per heavy atom. The van der Waals surface area contributed by atoms with Gasteiger partial charge in [-0.3, -0.25) is 4.79 Å². The van der Waals surface area contributed by atoms with E-state index in [0.29, 0.717) is 12.6 Å². The van der Waals surface area contributed by atoms with Crippen LogP contribution in [-0.2, 0) is 4.79 Å². The van der Waals surface area contributed by atoms with Gasteiger partial charge in [0.15, 0.2) is 5.58 Å². The summed E-state index contributed by atoms with van der Waals surface area (Å²) in [4.78, 5) is 21.4. The molecule has 0 saturated carbocycles. The minimum atomic E-state index is 0.0717. The topological polar surface area (TPSA) is 61.6 Å². The van der Waals surface area contributed by atoms with Crippen LogP contribution in [0.5, 0.6) is 0 Å². The van der Waals surface area contributed by atoms with E-state index >= 15 is 0 Å². The highest BCUT2D eigenvalue weighted by Gasteiger charge is 2.27. The monoisotopic (exact) mass is 392 g/mol. The number of amides is 1. The molecule has 0 bridgehead atoms. The number of nitrogens with one attached hydrogen (secondary N) is 1. The van der Waals surface area contributed by atoms with Gasteiger partial charge in [-0.15, -0.1) is 0 Å². The molecule has 2 aromatic carbocycles. The molecule has 29 heavy (non-hydrogen) atoms. The molecule has 2 heterocycles. The average Bonchev–Trinajstić information content (AvgIpc) is 3.21. The number of benzene rings is 2. The van der Waals surface area contributed by atoms with Gasteiger partial charge in [-0.1, -0.05) is 30.3 Å². The number of nitrogens with zero attached hydrogens (tertiary/aromatic N) is 3. The Morgan fingerprint density at radius 2 is 1.86 bits per heavy atom. The molecule has 6 nitrogen and oxygen atoms in total. The van der Waals surface area contributed by atoms with Crippen molar-refractivity contribution in [1.82, 2.24) is 10.3 Å². The van der Waals surface area contributed by atoms with Crippen LogP contribution in [0.4, 0.5) is 11.7 Å². The van der Waals surface area contributed by atoms with Crippen LogP contribution < -0.4 is 15.1 Å². The molecule has 0 atom stereocenters. The van der Waals surface area contributed by atoms with Crippen LogP contribution in [0.2, 0.25) is 0 Å². The van der Waals surface area contributed by atoms with E-state index < -0.39 is 0 Å². The first-order chi connectivity index (χ1) is 14.2. The van der Waals surface area contributed by atoms with Gasteiger partial charge in [0, 0.05) is 44.8 Å². The van der Waals surface area contributed by atoms with Crippen molar-refractivity contribution in [2.45, 2.75) is 19.3 Å². The molecule has 0 radical (unpaired) electrons. The van der Waals surface area contributed by atoms with Gasteiger partial charge in [0.05, 0.1) is 0 Å². The Morgan fingerprint density at radius 1 is 1.14 bits per heavy atom. The van der Waals surface area contributed by atoms with Crippen LogP contribution in [0.25, 0.3) is 11.1 Å². The molecule has 1 N–H and O–H groups in total. The smallest absolute Gasteiger partial charge is 0.298 e. The lowest BCUT2D eigenvalue weighted by Crippen LogP contribution is -2.41. The third-order valence-electron chi connectivity index (χ3n) is 5.59. The third kappa shape index (κ3) is 4.70. The van der Waals surface area contributed by atoms with Crippen LogP contribution in [0.3, 0.4) is 0 Å². The number of carbonyl (C=O) groups excluding carboxylic acids is 1. The molecule has 6 heteroatoms. The number of para-hydroxylation sites is 3. The number of oxazole rings is 1. The van der Waals surface area contributed by atoms with Gasteiger partial charge in [0.1, 0.15) is 5.52 Å². The summed E-state index contributed by atoms with van der Waals surface area (Å²) in [6.07, 6.45) is 2.59. The highest BCUT2D eigenvalue weighted by atomic mass is 16.4. The fourth-order valence-electron chi connectivity index (χ4n) is 3.81. The maximum Gasteiger partial charge on any atom is 0.298 e. The van der Waals surface area contributed by atoms with Crippen molar-refractivity contribution in [2.75, 3.05) is 43.0 Å². The molecule has 1 saturated heterocycles. The van der Waals surface area contributed by atoms with Crippen molar-refractivity contribution in [1.29, 1.82) is 0 Å². The lowest BCUT2D eigenvalue weighted by molar-refractivity contribution is -0.125. The second-order valence-electron chi connectivity index (χ2n) is 7.63. The first-order valence-corrected chi connectivity index (χ1v) is 10.3. The van der Waals surface area contributed by atoms with Gasteiger partial charge in [-0.2, -0.15) is 4.98 Å². The Kier molecular flexibility index (Phi) is 5.98. The maximum atomic E-state index is 12.5. The number of piperidine rings is 1. The lowest BCUT2D eigenvalue weighted by Gasteiger charge is -2.30. The zero-order chi connectivity index (χ0) is 20.1. The summed E-state index contributed by atoms with van der Waals surface area (Å²) in [5.41, 5.74) is 2.89. The Hall–Kier alpha value is -3.02. The summed E-state index contributed by atoms with van der Waals surface area (Å²) in [5.74, 6) is 0.243. The Bertz CT molecular complexity index is 899. The van der Waals surface area contributed by atoms with Crippen molar-refractivity contribution >= 4 is 28.7 Å². The van der Waals surface area contributed by atoms with Crippen LogP contribution in [0.1, 0.15) is 19.3 Å². The molecule has 1 aromatic heterocycles. The normalized spacial score (nSPS) is 14.9.